The van der Waals surface area contributed by atoms with Gasteiger partial charge < -0.3 is 19.7 Å². The Kier molecular flexibility index (Phi) is 8.85. The third kappa shape index (κ3) is 5.97. The second kappa shape index (κ2) is 11.6. The van der Waals surface area contributed by atoms with E-state index in [2.05, 4.69) is 70.2 Å². The molecule has 4 rings (SSSR count). The average molecular weight is 567 g/mol. The smallest absolute Gasteiger partial charge is 0.205 e. The van der Waals surface area contributed by atoms with E-state index < -0.39 is 0 Å². The summed E-state index contributed by atoms with van der Waals surface area (Å²) in [5, 5.41) is 4.57. The molecular weight excluding hydrogens is 535 g/mol. The van der Waals surface area contributed by atoms with Gasteiger partial charge in [0.25, 0.3) is 0 Å². The van der Waals surface area contributed by atoms with Gasteiger partial charge in [0.1, 0.15) is 11.6 Å². The van der Waals surface area contributed by atoms with Crippen molar-refractivity contribution < 1.29 is 0 Å². The third-order valence-corrected chi connectivity index (χ3v) is 6.37. The Bertz CT molecular complexity index is 1020. The lowest BCUT2D eigenvalue weighted by atomic mass is 10.1. The van der Waals surface area contributed by atoms with Crippen molar-refractivity contribution in [3.05, 3.63) is 59.4 Å². The van der Waals surface area contributed by atoms with Crippen LogP contribution in [0.3, 0.4) is 0 Å². The molecule has 0 spiro atoms. The van der Waals surface area contributed by atoms with E-state index in [0.29, 0.717) is 0 Å². The molecule has 0 radical (unpaired) electrons. The van der Waals surface area contributed by atoms with Crippen molar-refractivity contribution in [1.29, 1.82) is 0 Å². The molecular formula is C22H31IN8S. The van der Waals surface area contributed by atoms with Crippen LogP contribution < -0.4 is 10.2 Å². The fourth-order valence-electron chi connectivity index (χ4n) is 3.75. The number of aliphatic imine (C=N–C) groups is 1. The number of nitrogens with one attached hydrogen (secondary N) is 1. The predicted octanol–water partition coefficient (Wildman–Crippen LogP) is 3.17. The Hall–Kier alpha value is -2.21. The van der Waals surface area contributed by atoms with Gasteiger partial charge in [-0.05, 0) is 18.1 Å². The topological polar surface area (TPSA) is 74.5 Å². The zero-order valence-electron chi connectivity index (χ0n) is 18.9. The first-order valence-electron chi connectivity index (χ1n) is 10.7. The van der Waals surface area contributed by atoms with E-state index in [1.807, 2.05) is 26.4 Å². The molecule has 0 atom stereocenters. The number of hydrogen-bond donors (Lipinski definition) is 1. The van der Waals surface area contributed by atoms with E-state index in [0.717, 1.165) is 68.4 Å². The molecule has 0 bridgehead atoms. The fraction of sp³-hybridized carbons (Fsp3) is 0.455. The molecule has 1 N–H and O–H groups in total. The third-order valence-electron chi connectivity index (χ3n) is 5.55. The molecule has 1 aliphatic heterocycles. The van der Waals surface area contributed by atoms with Crippen molar-refractivity contribution in [2.45, 2.75) is 33.4 Å². The molecule has 0 amide bonds. The summed E-state index contributed by atoms with van der Waals surface area (Å²) in [5.41, 5.74) is 2.52. The van der Waals surface area contributed by atoms with Crippen LogP contribution >= 0.6 is 35.5 Å². The minimum Gasteiger partial charge on any atom is -0.352 e. The maximum Gasteiger partial charge on any atom is 0.205 e. The predicted molar refractivity (Wildman–Crippen MR) is 141 cm³/mol. The molecule has 172 valence electrons. The Morgan fingerprint density at radius 1 is 1.19 bits per heavy atom. The van der Waals surface area contributed by atoms with E-state index in [9.17, 15) is 0 Å². The van der Waals surface area contributed by atoms with Gasteiger partial charge in [0.2, 0.25) is 5.13 Å². The highest BCUT2D eigenvalue weighted by Gasteiger charge is 2.22. The molecule has 0 saturated carbocycles. The van der Waals surface area contributed by atoms with E-state index in [-0.39, 0.29) is 24.0 Å². The maximum atomic E-state index is 4.62. The van der Waals surface area contributed by atoms with E-state index >= 15 is 0 Å². The van der Waals surface area contributed by atoms with Crippen molar-refractivity contribution in [2.24, 2.45) is 4.99 Å². The number of halogens is 1. The van der Waals surface area contributed by atoms with Crippen LogP contribution in [-0.4, -0.2) is 63.0 Å². The van der Waals surface area contributed by atoms with Crippen LogP contribution in [0.5, 0.6) is 0 Å². The van der Waals surface area contributed by atoms with E-state index in [1.165, 1.54) is 22.7 Å². The molecule has 1 fully saturated rings. The lowest BCUT2D eigenvalue weighted by molar-refractivity contribution is 0.372. The molecule has 0 aliphatic carbocycles. The summed E-state index contributed by atoms with van der Waals surface area (Å²) < 4.78 is 6.57. The zero-order valence-corrected chi connectivity index (χ0v) is 22.0. The molecule has 1 saturated heterocycles. The van der Waals surface area contributed by atoms with Crippen LogP contribution in [0.1, 0.15) is 29.7 Å². The summed E-state index contributed by atoms with van der Waals surface area (Å²) in [6.45, 7) is 9.40. The lowest BCUT2D eigenvalue weighted by Gasteiger charge is -2.36. The van der Waals surface area contributed by atoms with Gasteiger partial charge in [-0.2, -0.15) is 4.37 Å². The number of nitrogens with zero attached hydrogens (tertiary/aromatic N) is 7. The molecule has 32 heavy (non-hydrogen) atoms. The van der Waals surface area contributed by atoms with Gasteiger partial charge >= 0.3 is 0 Å². The average Bonchev–Trinajstić information content (AvgIpc) is 3.44. The Balaban J connectivity index is 0.00000289. The van der Waals surface area contributed by atoms with E-state index in [4.69, 9.17) is 0 Å². The summed E-state index contributed by atoms with van der Waals surface area (Å²) in [6, 6.07) is 8.68. The SMILES string of the molecule is CCc1nsc(N2CCN(C(=NC)NCc3cccc(Cn4ccnc4C)c3)CC2)n1.I. The van der Waals surface area contributed by atoms with Gasteiger partial charge in [-0.15, -0.1) is 24.0 Å². The molecule has 1 aromatic carbocycles. The number of guanidine groups is 1. The second-order valence-corrected chi connectivity index (χ2v) is 8.37. The largest absolute Gasteiger partial charge is 0.352 e. The minimum atomic E-state index is 0. The first-order valence-corrected chi connectivity index (χ1v) is 11.5. The quantitative estimate of drug-likeness (QED) is 0.281. The highest BCUT2D eigenvalue weighted by atomic mass is 127. The number of benzene rings is 1. The van der Waals surface area contributed by atoms with Gasteiger partial charge in [0, 0.05) is 76.7 Å². The highest BCUT2D eigenvalue weighted by molar-refractivity contribution is 14.0. The minimum absolute atomic E-state index is 0. The number of hydrogen-bond acceptors (Lipinski definition) is 6. The van der Waals surface area contributed by atoms with Crippen molar-refractivity contribution in [2.75, 3.05) is 38.1 Å². The molecule has 8 nitrogen and oxygen atoms in total. The number of piperazine rings is 1. The first kappa shape index (κ1) is 24.4. The monoisotopic (exact) mass is 566 g/mol. The number of aryl methyl sites for hydroxylation is 2. The van der Waals surface area contributed by atoms with Crippen LogP contribution in [0.25, 0.3) is 0 Å². The van der Waals surface area contributed by atoms with Crippen molar-refractivity contribution in [1.82, 2.24) is 29.1 Å². The Labute approximate surface area is 211 Å². The summed E-state index contributed by atoms with van der Waals surface area (Å²) >= 11 is 1.50. The Morgan fingerprint density at radius 3 is 2.62 bits per heavy atom. The zero-order chi connectivity index (χ0) is 21.6. The molecule has 2 aromatic heterocycles. The first-order chi connectivity index (χ1) is 15.2. The molecule has 3 aromatic rings. The van der Waals surface area contributed by atoms with Crippen LogP contribution in [0.2, 0.25) is 0 Å². The maximum absolute atomic E-state index is 4.62. The van der Waals surface area contributed by atoms with Crippen LogP contribution in [0.15, 0.2) is 41.7 Å². The van der Waals surface area contributed by atoms with Crippen molar-refractivity contribution in [3.8, 4) is 0 Å². The van der Waals surface area contributed by atoms with E-state index in [1.54, 1.807) is 0 Å². The van der Waals surface area contributed by atoms with Gasteiger partial charge in [0.15, 0.2) is 5.96 Å². The van der Waals surface area contributed by atoms with Gasteiger partial charge in [-0.25, -0.2) is 9.97 Å². The molecule has 3 heterocycles. The number of aromatic nitrogens is 4. The molecule has 10 heteroatoms. The number of imidazole rings is 1. The summed E-state index contributed by atoms with van der Waals surface area (Å²) in [7, 11) is 1.85. The second-order valence-electron chi connectivity index (χ2n) is 7.64. The Morgan fingerprint density at radius 2 is 1.97 bits per heavy atom. The standard InChI is InChI=1S/C22H30N8S.HI/c1-4-20-26-22(31-27-20)29-12-10-28(11-13-29)21(23-3)25-15-18-6-5-7-19(14-18)16-30-9-8-24-17(30)2;/h5-9,14H,4,10-13,15-16H2,1-3H3,(H,23,25);1H. The fourth-order valence-corrected chi connectivity index (χ4v) is 4.55. The number of rotatable bonds is 6. The molecule has 1 aliphatic rings. The van der Waals surface area contributed by atoms with Crippen LogP contribution in [0, 0.1) is 6.92 Å². The van der Waals surface area contributed by atoms with Crippen molar-refractivity contribution >= 4 is 46.6 Å². The van der Waals surface area contributed by atoms with Gasteiger partial charge in [-0.1, -0.05) is 31.2 Å². The van der Waals surface area contributed by atoms with Crippen LogP contribution in [-0.2, 0) is 19.5 Å². The normalized spacial score (nSPS) is 14.4. The molecule has 0 unspecified atom stereocenters. The summed E-state index contributed by atoms with van der Waals surface area (Å²) in [6.07, 6.45) is 4.75. The van der Waals surface area contributed by atoms with Crippen LogP contribution in [0.4, 0.5) is 5.13 Å². The van der Waals surface area contributed by atoms with Gasteiger partial charge in [0.05, 0.1) is 0 Å². The summed E-state index contributed by atoms with van der Waals surface area (Å²) in [5.74, 6) is 2.91. The van der Waals surface area contributed by atoms with Crippen molar-refractivity contribution in [3.63, 3.8) is 0 Å². The highest BCUT2D eigenvalue weighted by Crippen LogP contribution is 2.19. The lowest BCUT2D eigenvalue weighted by Crippen LogP contribution is -2.52. The summed E-state index contributed by atoms with van der Waals surface area (Å²) in [4.78, 5) is 18.1. The van der Waals surface area contributed by atoms with Gasteiger partial charge in [-0.3, -0.25) is 4.99 Å². The number of anilines is 1.